The molecule has 1 rings (SSSR count). The van der Waals surface area contributed by atoms with E-state index in [0.29, 0.717) is 0 Å². The molecule has 0 aromatic carbocycles. The average Bonchev–Trinajstić information content (AvgIpc) is 2.42. The first-order chi connectivity index (χ1) is 11.1. The Kier molecular flexibility index (Phi) is 7.11. The lowest BCUT2D eigenvalue weighted by Gasteiger charge is -2.41. The Morgan fingerprint density at radius 2 is 1.33 bits per heavy atom. The van der Waals surface area contributed by atoms with Crippen LogP contribution in [0.25, 0.3) is 0 Å². The van der Waals surface area contributed by atoms with Crippen LogP contribution < -0.4 is 5.73 Å². The van der Waals surface area contributed by atoms with Crippen LogP contribution in [0.4, 0.5) is 0 Å². The highest BCUT2D eigenvalue weighted by molar-refractivity contribution is 5.68. The van der Waals surface area contributed by atoms with Gasteiger partial charge in [0.25, 0.3) is 6.29 Å². The van der Waals surface area contributed by atoms with E-state index in [4.69, 9.17) is 23.7 Å². The molecule has 0 aliphatic carbocycles. The molecule has 0 amide bonds. The molecule has 1 fully saturated rings. The summed E-state index contributed by atoms with van der Waals surface area (Å²) in [4.78, 5) is 45.0. The fourth-order valence-electron chi connectivity index (χ4n) is 2.25. The fraction of sp³-hybridized carbons (Fsp3) is 0.714. The van der Waals surface area contributed by atoms with Gasteiger partial charge in [0.2, 0.25) is 0 Å². The minimum atomic E-state index is -1.15. The summed E-state index contributed by atoms with van der Waals surface area (Å²) in [5, 5.41) is 0. The average molecular weight is 348 g/mol. The molecule has 3 N–H and O–H groups in total. The Morgan fingerprint density at radius 1 is 0.833 bits per heavy atom. The van der Waals surface area contributed by atoms with Crippen molar-refractivity contribution in [3.05, 3.63) is 0 Å². The Hall–Kier alpha value is -2.20. The standard InChI is InChI=1S/C14H21NO9/c1-6(16)20-5-10-12(21-7(2)17)13(22-8(3)18)11(15)14(24-10)23-9(4)19/h10-14H,5,15H2,1-4H3/p+1/t10-,11-,12-,13-,14-/m1/s1. The number of quaternary nitrogens is 1. The summed E-state index contributed by atoms with van der Waals surface area (Å²) in [5.74, 6) is -2.50. The first kappa shape index (κ1) is 19.8. The van der Waals surface area contributed by atoms with Crippen molar-refractivity contribution in [3.8, 4) is 0 Å². The van der Waals surface area contributed by atoms with Gasteiger partial charge in [-0.25, -0.2) is 0 Å². The molecule has 5 atom stereocenters. The Balaban J connectivity index is 3.08. The zero-order valence-corrected chi connectivity index (χ0v) is 14.0. The van der Waals surface area contributed by atoms with Gasteiger partial charge in [-0.05, 0) is 0 Å². The number of carbonyl (C=O) groups is 4. The molecule has 1 heterocycles. The van der Waals surface area contributed by atoms with Gasteiger partial charge in [-0.1, -0.05) is 0 Å². The maximum absolute atomic E-state index is 11.4. The number of hydrogen-bond acceptors (Lipinski definition) is 9. The molecule has 0 aromatic heterocycles. The molecule has 10 heteroatoms. The first-order valence-electron chi connectivity index (χ1n) is 7.25. The minimum Gasteiger partial charge on any atom is -0.463 e. The van der Waals surface area contributed by atoms with Gasteiger partial charge in [0.15, 0.2) is 18.2 Å². The van der Waals surface area contributed by atoms with Crippen LogP contribution in [0.15, 0.2) is 0 Å². The van der Waals surface area contributed by atoms with Gasteiger partial charge in [-0.2, -0.15) is 0 Å². The van der Waals surface area contributed by atoms with Crippen molar-refractivity contribution >= 4 is 23.9 Å². The number of rotatable bonds is 5. The van der Waals surface area contributed by atoms with Gasteiger partial charge in [0, 0.05) is 27.7 Å². The van der Waals surface area contributed by atoms with Gasteiger partial charge in [-0.3, -0.25) is 19.2 Å². The lowest BCUT2D eigenvalue weighted by molar-refractivity contribution is -0.496. The summed E-state index contributed by atoms with van der Waals surface area (Å²) in [7, 11) is 0. The molecule has 0 spiro atoms. The highest BCUT2D eigenvalue weighted by atomic mass is 16.7. The lowest BCUT2D eigenvalue weighted by Crippen LogP contribution is -2.79. The Bertz CT molecular complexity index is 490. The molecular formula is C14H22NO9+. The fourth-order valence-corrected chi connectivity index (χ4v) is 2.25. The molecule has 0 unspecified atom stereocenters. The predicted molar refractivity (Wildman–Crippen MR) is 74.8 cm³/mol. The zero-order valence-electron chi connectivity index (χ0n) is 14.0. The van der Waals surface area contributed by atoms with Gasteiger partial charge in [-0.15, -0.1) is 0 Å². The van der Waals surface area contributed by atoms with Crippen molar-refractivity contribution in [1.82, 2.24) is 0 Å². The quantitative estimate of drug-likeness (QED) is 0.455. The molecule has 10 nitrogen and oxygen atoms in total. The predicted octanol–water partition coefficient (Wildman–Crippen LogP) is -1.69. The summed E-state index contributed by atoms with van der Waals surface area (Å²) >= 11 is 0. The van der Waals surface area contributed by atoms with E-state index in [-0.39, 0.29) is 6.61 Å². The maximum atomic E-state index is 11.4. The van der Waals surface area contributed by atoms with Gasteiger partial charge in [0.1, 0.15) is 12.7 Å². The number of ether oxygens (including phenoxy) is 5. The van der Waals surface area contributed by atoms with Gasteiger partial charge in [0.05, 0.1) is 0 Å². The largest absolute Gasteiger partial charge is 0.463 e. The van der Waals surface area contributed by atoms with Crippen LogP contribution in [-0.4, -0.2) is 61.1 Å². The molecular weight excluding hydrogens is 326 g/mol. The van der Waals surface area contributed by atoms with Gasteiger partial charge >= 0.3 is 23.9 Å². The smallest absolute Gasteiger partial charge is 0.305 e. The van der Waals surface area contributed by atoms with Crippen LogP contribution in [-0.2, 0) is 42.9 Å². The van der Waals surface area contributed by atoms with E-state index in [1.54, 1.807) is 0 Å². The summed E-state index contributed by atoms with van der Waals surface area (Å²) in [6.07, 6.45) is -4.26. The third kappa shape index (κ3) is 5.78. The molecule has 0 saturated carbocycles. The zero-order chi connectivity index (χ0) is 18.4. The summed E-state index contributed by atoms with van der Waals surface area (Å²) in [6.45, 7) is 4.44. The van der Waals surface area contributed by atoms with Crippen LogP contribution in [0.5, 0.6) is 0 Å². The third-order valence-corrected chi connectivity index (χ3v) is 3.11. The van der Waals surface area contributed by atoms with Crippen LogP contribution >= 0.6 is 0 Å². The van der Waals surface area contributed by atoms with Crippen LogP contribution in [0.2, 0.25) is 0 Å². The second-order valence-electron chi connectivity index (χ2n) is 5.27. The van der Waals surface area contributed by atoms with Crippen molar-refractivity contribution in [2.75, 3.05) is 6.61 Å². The highest BCUT2D eigenvalue weighted by Crippen LogP contribution is 2.25. The molecule has 136 valence electrons. The maximum Gasteiger partial charge on any atom is 0.305 e. The highest BCUT2D eigenvalue weighted by Gasteiger charge is 2.52. The van der Waals surface area contributed by atoms with Crippen LogP contribution in [0.3, 0.4) is 0 Å². The van der Waals surface area contributed by atoms with E-state index in [0.717, 1.165) is 0 Å². The first-order valence-corrected chi connectivity index (χ1v) is 7.25. The molecule has 0 bridgehead atoms. The number of esters is 4. The second kappa shape index (κ2) is 8.60. The van der Waals surface area contributed by atoms with E-state index in [9.17, 15) is 19.2 Å². The number of carbonyl (C=O) groups excluding carboxylic acids is 4. The summed E-state index contributed by atoms with van der Waals surface area (Å²) in [6, 6.07) is -0.851. The molecule has 0 radical (unpaired) electrons. The van der Waals surface area contributed by atoms with E-state index in [2.05, 4.69) is 5.73 Å². The second-order valence-corrected chi connectivity index (χ2v) is 5.27. The molecule has 0 aromatic rings. The topological polar surface area (TPSA) is 142 Å². The van der Waals surface area contributed by atoms with E-state index >= 15 is 0 Å². The van der Waals surface area contributed by atoms with E-state index < -0.39 is 54.5 Å². The summed E-state index contributed by atoms with van der Waals surface area (Å²) in [5.41, 5.74) is 3.78. The van der Waals surface area contributed by atoms with Crippen LogP contribution in [0.1, 0.15) is 27.7 Å². The van der Waals surface area contributed by atoms with E-state index in [1.807, 2.05) is 0 Å². The molecule has 1 aliphatic heterocycles. The molecule has 1 saturated heterocycles. The Morgan fingerprint density at radius 3 is 1.79 bits per heavy atom. The van der Waals surface area contributed by atoms with Crippen molar-refractivity contribution in [1.29, 1.82) is 0 Å². The van der Waals surface area contributed by atoms with Crippen molar-refractivity contribution < 1.29 is 48.6 Å². The molecule has 24 heavy (non-hydrogen) atoms. The third-order valence-electron chi connectivity index (χ3n) is 3.11. The molecule has 1 aliphatic rings. The van der Waals surface area contributed by atoms with Crippen molar-refractivity contribution in [2.24, 2.45) is 0 Å². The van der Waals surface area contributed by atoms with Crippen molar-refractivity contribution in [3.63, 3.8) is 0 Å². The van der Waals surface area contributed by atoms with Gasteiger partial charge < -0.3 is 29.4 Å². The normalized spacial score (nSPS) is 29.3. The Labute approximate surface area is 138 Å². The monoisotopic (exact) mass is 348 g/mol. The SMILES string of the molecule is CC(=O)OC[C@H]1O[C@@H](OC(C)=O)[C@H]([NH3+])[C@@H](OC(C)=O)[C@@H]1OC(C)=O. The van der Waals surface area contributed by atoms with Crippen LogP contribution in [0, 0.1) is 0 Å². The minimum absolute atomic E-state index is 0.282. The lowest BCUT2D eigenvalue weighted by atomic mass is 9.97. The van der Waals surface area contributed by atoms with E-state index in [1.165, 1.54) is 27.7 Å². The van der Waals surface area contributed by atoms with Crippen molar-refractivity contribution in [2.45, 2.75) is 58.3 Å². The number of hydrogen-bond donors (Lipinski definition) is 1. The summed E-state index contributed by atoms with van der Waals surface area (Å²) < 4.78 is 25.8.